The van der Waals surface area contributed by atoms with Gasteiger partial charge in [-0.3, -0.25) is 0 Å². The highest BCUT2D eigenvalue weighted by Gasteiger charge is 2.63. The fraction of sp³-hybridized carbons (Fsp3) is 1.00. The van der Waals surface area contributed by atoms with Gasteiger partial charge in [-0.25, -0.2) is 0 Å². The Labute approximate surface area is 781 Å². The van der Waals surface area contributed by atoms with Crippen LogP contribution < -0.4 is 5.73 Å². The molecule has 766 valence electrons. The molecule has 21 rings (SSSR count). The van der Waals surface area contributed by atoms with E-state index in [-0.39, 0.29) is 65.8 Å². The lowest BCUT2D eigenvalue weighted by Gasteiger charge is -2.51. The molecule has 0 aliphatic carbocycles. The Balaban J connectivity index is 1.34. The quantitative estimate of drug-likeness (QED) is 0.0350. The maximum atomic E-state index is 13.4. The number of hydrogen-bond acceptors (Lipinski definition) is 36. The zero-order valence-electron chi connectivity index (χ0n) is 84.7. The zero-order valence-corrected chi connectivity index (χ0v) is 91.7. The molecule has 21 saturated heterocycles. The Hall–Kier alpha value is 0.0782. The third-order valence-corrected chi connectivity index (χ3v) is 62.6. The lowest BCUT2D eigenvalue weighted by molar-refractivity contribution is -0.397. The van der Waals surface area contributed by atoms with Gasteiger partial charge in [-0.05, 0) is 140 Å². The number of ether oxygens (including phenoxy) is 15. The molecule has 14 bridgehead atoms. The van der Waals surface area contributed by atoms with Gasteiger partial charge in [0.1, 0.15) is 171 Å². The minimum Gasteiger partial charge on any atom is -0.414 e. The highest BCUT2D eigenvalue weighted by molar-refractivity contribution is 6.76. The fourth-order valence-corrected chi connectivity index (χ4v) is 21.4. The summed E-state index contributed by atoms with van der Waals surface area (Å²) in [6, 6.07) is 0. The normalized spacial score (nSPS) is 39.6. The molecule has 21 heterocycles. The Morgan fingerprint density at radius 2 is 0.346 bits per heavy atom. The first kappa shape index (κ1) is 115. The Bertz CT molecular complexity index is 3460. The number of rotatable bonds is 25. The predicted octanol–water partition coefficient (Wildman–Crippen LogP) is 6.35. The van der Waals surface area contributed by atoms with Gasteiger partial charge in [0.2, 0.25) is 0 Å². The maximum Gasteiger partial charge on any atom is 0.192 e. The van der Waals surface area contributed by atoms with E-state index in [1.54, 1.807) is 0 Å². The van der Waals surface area contributed by atoms with Crippen LogP contribution in [0.15, 0.2) is 0 Å². The number of aliphatic hydroxyl groups excluding tert-OH is 13. The summed E-state index contributed by atoms with van der Waals surface area (Å²) in [4.78, 5) is 0. The molecule has 0 aromatic heterocycles. The summed E-state index contributed by atoms with van der Waals surface area (Å²) in [5.74, 6) is 0. The molecule has 15 N–H and O–H groups in total. The summed E-state index contributed by atoms with van der Waals surface area (Å²) in [7, 11) is -19.7. The van der Waals surface area contributed by atoms with Crippen molar-refractivity contribution in [2.45, 2.75) is 494 Å². The minimum absolute atomic E-state index is 0.123. The fourth-order valence-electron chi connectivity index (χ4n) is 14.3. The van der Waals surface area contributed by atoms with Crippen molar-refractivity contribution in [2.24, 2.45) is 5.73 Å². The van der Waals surface area contributed by atoms with Gasteiger partial charge in [0.15, 0.2) is 102 Å². The first-order chi connectivity index (χ1) is 59.0. The summed E-state index contributed by atoms with van der Waals surface area (Å²) >= 11 is 0. The summed E-state index contributed by atoms with van der Waals surface area (Å²) in [5, 5.41) is 164. The highest BCUT2D eigenvalue weighted by Crippen LogP contribution is 2.48. The molecule has 35 atom stereocenters. The SMILES string of the molecule is CC(C)(C)[Si](C)(C)OC[C@@H]1O[C@H]2O[C@@H]3[C@@H](O)[C@H](O)[C@H](O[C@@H]4[C@@H](O)[C@H](O)[C@H](O[C@@H]5[C@@H](O)[C@H](O)[C@H](O[C@@H]6[C@@H](O)[C@H](O)[C@H](O[C@@H]7[C@@H](O)[C@H](O)[C@H](O[C@@H]8[C@@H](O)[C@H](O)[C@H](O[C@@H]1[C@@H](O)[C@H]2OCCCN)O[C@H]8CO[Si](C)(C)C(C)(C)C)O[C@H]7CO[Si](C)(C)C(C)(C)C)O[C@H]6CO[Si](C)(C)C(C)(C)C)O[C@H]5CO[Si](C)(C)C(C)(C)C)O[C@H]4CO[Si](C)(C)C(C)(C)C)O[C@H]3CO[Si](C)(C)C(C)(C)C. The van der Waals surface area contributed by atoms with Gasteiger partial charge in [0.25, 0.3) is 0 Å². The molecule has 0 amide bonds. The van der Waals surface area contributed by atoms with Crippen LogP contribution in [0.4, 0.5) is 0 Å². The van der Waals surface area contributed by atoms with E-state index in [1.165, 1.54) is 0 Å². The first-order valence-electron chi connectivity index (χ1n) is 46.8. The predicted molar refractivity (Wildman–Crippen MR) is 498 cm³/mol. The molecule has 0 radical (unpaired) electrons. The van der Waals surface area contributed by atoms with Crippen LogP contribution in [0.1, 0.15) is 152 Å². The van der Waals surface area contributed by atoms with Gasteiger partial charge in [-0.15, -0.1) is 0 Å². The van der Waals surface area contributed by atoms with Crippen LogP contribution >= 0.6 is 0 Å². The summed E-state index contributed by atoms with van der Waals surface area (Å²) in [6.07, 6.45) is -63.4. The second-order valence-corrected chi connectivity index (χ2v) is 81.5. The molecule has 43 heteroatoms. The molecule has 0 spiro atoms. The minimum atomic E-state index is -2.82. The van der Waals surface area contributed by atoms with E-state index < -0.39 is 308 Å². The molecular weight excluding hydrogens is 1820 g/mol. The molecule has 0 aromatic carbocycles. The second kappa shape index (κ2) is 43.3. The van der Waals surface area contributed by atoms with Crippen molar-refractivity contribution in [2.75, 3.05) is 59.4 Å². The first-order valence-corrected chi connectivity index (χ1v) is 67.1. The van der Waals surface area contributed by atoms with Crippen molar-refractivity contribution >= 4 is 58.2 Å². The molecule has 0 unspecified atom stereocenters. The number of aliphatic hydroxyl groups is 13. The van der Waals surface area contributed by atoms with Crippen molar-refractivity contribution in [3.05, 3.63) is 0 Å². The molecule has 21 aliphatic heterocycles. The van der Waals surface area contributed by atoms with Crippen LogP contribution in [0, 0.1) is 0 Å². The van der Waals surface area contributed by atoms with Crippen molar-refractivity contribution in [3.8, 4) is 0 Å². The average molecular weight is 1990 g/mol. The van der Waals surface area contributed by atoms with Crippen molar-refractivity contribution < 1.29 is 168 Å². The maximum absolute atomic E-state index is 13.4. The van der Waals surface area contributed by atoms with Crippen molar-refractivity contribution in [1.29, 1.82) is 0 Å². The van der Waals surface area contributed by atoms with Crippen LogP contribution in [0.2, 0.25) is 127 Å². The summed E-state index contributed by atoms with van der Waals surface area (Å²) < 4.78 is 150. The Morgan fingerprint density at radius 1 is 0.208 bits per heavy atom. The van der Waals surface area contributed by atoms with E-state index in [0.717, 1.165) is 0 Å². The van der Waals surface area contributed by atoms with Crippen LogP contribution in [-0.4, -0.2) is 399 Å². The zero-order chi connectivity index (χ0) is 98.8. The molecule has 0 aromatic rings. The summed E-state index contributed by atoms with van der Waals surface area (Å²) in [5.41, 5.74) is 6.12. The van der Waals surface area contributed by atoms with E-state index in [0.29, 0.717) is 0 Å². The number of nitrogens with two attached hydrogens (primary N) is 1. The molecule has 36 nitrogen and oxygen atoms in total. The molecule has 21 aliphatic rings. The topological polar surface area (TPSA) is 492 Å². The van der Waals surface area contributed by atoms with Gasteiger partial charge in [0.05, 0.1) is 46.2 Å². The van der Waals surface area contributed by atoms with Gasteiger partial charge in [-0.2, -0.15) is 0 Å². The lowest BCUT2D eigenvalue weighted by atomic mass is 9.95. The van der Waals surface area contributed by atoms with Crippen LogP contribution in [0.5, 0.6) is 0 Å². The van der Waals surface area contributed by atoms with Gasteiger partial charge in [-0.1, -0.05) is 145 Å². The molecule has 130 heavy (non-hydrogen) atoms. The van der Waals surface area contributed by atoms with Gasteiger partial charge < -0.3 is 174 Å². The monoisotopic (exact) mass is 1990 g/mol. The Morgan fingerprint density at radius 3 is 0.492 bits per heavy atom. The van der Waals surface area contributed by atoms with Crippen LogP contribution in [-0.2, 0) is 102 Å². The van der Waals surface area contributed by atoms with Gasteiger partial charge in [0, 0.05) is 6.61 Å². The smallest absolute Gasteiger partial charge is 0.192 e. The third kappa shape index (κ3) is 26.7. The molecular formula is C87H175NO35Si7. The van der Waals surface area contributed by atoms with E-state index in [9.17, 15) is 66.4 Å². The van der Waals surface area contributed by atoms with E-state index >= 15 is 0 Å². The highest BCUT2D eigenvalue weighted by atomic mass is 28.4. The van der Waals surface area contributed by atoms with E-state index in [4.69, 9.17) is 108 Å². The largest absolute Gasteiger partial charge is 0.414 e. The average Bonchev–Trinajstić information content (AvgIpc) is 0.775. The van der Waals surface area contributed by atoms with Crippen molar-refractivity contribution in [1.82, 2.24) is 0 Å². The molecule has 0 saturated carbocycles. The summed E-state index contributed by atoms with van der Waals surface area (Å²) in [6.45, 7) is 67.6. The Kier molecular flexibility index (Phi) is 38.4. The second-order valence-electron chi connectivity index (χ2n) is 47.9. The van der Waals surface area contributed by atoms with E-state index in [2.05, 4.69) is 0 Å². The molecule has 21 fully saturated rings. The number of hydrogen-bond donors (Lipinski definition) is 14. The third-order valence-electron chi connectivity index (χ3n) is 31.1. The lowest BCUT2D eigenvalue weighted by Crippen LogP contribution is -2.69. The van der Waals surface area contributed by atoms with Gasteiger partial charge >= 0.3 is 0 Å². The van der Waals surface area contributed by atoms with Crippen LogP contribution in [0.3, 0.4) is 0 Å². The van der Waals surface area contributed by atoms with Crippen molar-refractivity contribution in [3.63, 3.8) is 0 Å². The van der Waals surface area contributed by atoms with Crippen LogP contribution in [0.25, 0.3) is 0 Å². The van der Waals surface area contributed by atoms with E-state index in [1.807, 2.05) is 237 Å². The standard InChI is InChI=1S/C87H175NO35Si7/c1-81(2,3)124(22,23)103-39-46-66-53(89)59(95)75(110-46)118-68-48(41-105-126(26,27)83(7,8)9)112-77(61(97)55(68)91)120-70-50(43-107-128(30,31)85(13,14)15)114-79(63(99)57(70)93)122-72-52(45-109-130(34,35)87(19,20)21)116-80(73(65(72)101)102-38-36-37-88)123-71-51(44-108-129(32,33)86(16,17)18)115-78(64(100)58(71)94)121-69-49(42-106-127(28,29)84(10,11)12)113-76(62(98)56(69)92)119-67-47(40-104-125(24,25)82(4,5)6)111-74(117-66)60(96)54(67)90/h46-80,89-101H,36-45,88H2,1-35H3/t46-,47-,48-,49-,50-,51-,52-,53-,54-,55-,56-,57-,58-,59-,60-,61-,62-,63-,64-,65+,66-,67-,68-,69-,70-,71-,72-,73+,74-,75-,76-,77-,78-,79-,80-/m0/s1.